The van der Waals surface area contributed by atoms with Crippen LogP contribution in [0, 0.1) is 5.82 Å². The number of nitrogens with two attached hydrogens (primary N) is 1. The fourth-order valence-electron chi connectivity index (χ4n) is 4.38. The van der Waals surface area contributed by atoms with Crippen LogP contribution in [0.5, 0.6) is 0 Å². The number of hydrogen-bond acceptors (Lipinski definition) is 7. The zero-order chi connectivity index (χ0) is 29.7. The Kier molecular flexibility index (Phi) is 9.05. The molecule has 10 nitrogen and oxygen atoms in total. The Balaban J connectivity index is 1.62. The van der Waals surface area contributed by atoms with Crippen LogP contribution >= 0.6 is 0 Å². The Morgan fingerprint density at radius 1 is 1.10 bits per heavy atom. The summed E-state index contributed by atoms with van der Waals surface area (Å²) in [7, 11) is 5.17. The molecule has 0 aliphatic heterocycles. The van der Waals surface area contributed by atoms with Crippen LogP contribution in [-0.4, -0.2) is 59.9 Å². The van der Waals surface area contributed by atoms with Crippen molar-refractivity contribution in [3.63, 3.8) is 0 Å². The molecular formula is C27H29F4N7O3. The number of alkyl halides is 3. The number of aromatic nitrogens is 3. The molecule has 2 amide bonds. The SMILES string of the molecule is COCCN(C)Cc1c(COC)c(-c2ccc(NC(=O)Nc3cc(C(F)(F)F)ccc3F)cc2)c2c(N)ncnn12. The largest absolute Gasteiger partial charge is 0.416 e. The number of nitrogen functional groups attached to an aromatic ring is 1. The second kappa shape index (κ2) is 12.5. The summed E-state index contributed by atoms with van der Waals surface area (Å²) in [5.74, 6) is -0.735. The number of anilines is 3. The van der Waals surface area contributed by atoms with Crippen molar-refractivity contribution in [1.82, 2.24) is 19.5 Å². The maximum absolute atomic E-state index is 14.0. The molecule has 0 atom stereocenters. The highest BCUT2D eigenvalue weighted by atomic mass is 19.4. The van der Waals surface area contributed by atoms with Gasteiger partial charge in [-0.3, -0.25) is 4.90 Å². The van der Waals surface area contributed by atoms with Gasteiger partial charge in [-0.1, -0.05) is 12.1 Å². The van der Waals surface area contributed by atoms with E-state index >= 15 is 0 Å². The Morgan fingerprint density at radius 2 is 1.83 bits per heavy atom. The van der Waals surface area contributed by atoms with Gasteiger partial charge in [0.05, 0.1) is 30.2 Å². The summed E-state index contributed by atoms with van der Waals surface area (Å²) in [6, 6.07) is 7.53. The number of carbonyl (C=O) groups excluding carboxylic acids is 1. The van der Waals surface area contributed by atoms with Crippen molar-refractivity contribution in [2.75, 3.05) is 50.8 Å². The summed E-state index contributed by atoms with van der Waals surface area (Å²) in [4.78, 5) is 18.7. The average Bonchev–Trinajstić information content (AvgIpc) is 3.22. The molecule has 2 heterocycles. The van der Waals surface area contributed by atoms with Gasteiger partial charge in [-0.05, 0) is 42.9 Å². The molecule has 0 radical (unpaired) electrons. The number of carbonyl (C=O) groups is 1. The van der Waals surface area contributed by atoms with E-state index in [-0.39, 0.29) is 12.4 Å². The van der Waals surface area contributed by atoms with E-state index in [0.717, 1.165) is 22.4 Å². The lowest BCUT2D eigenvalue weighted by Crippen LogP contribution is -2.24. The molecule has 0 bridgehead atoms. The van der Waals surface area contributed by atoms with E-state index in [4.69, 9.17) is 15.2 Å². The van der Waals surface area contributed by atoms with E-state index in [1.165, 1.54) is 6.33 Å². The van der Waals surface area contributed by atoms with E-state index < -0.39 is 29.3 Å². The molecule has 14 heteroatoms. The number of ether oxygens (including phenoxy) is 2. The fourth-order valence-corrected chi connectivity index (χ4v) is 4.38. The first-order valence-corrected chi connectivity index (χ1v) is 12.4. The topological polar surface area (TPSA) is 119 Å². The molecule has 0 saturated heterocycles. The van der Waals surface area contributed by atoms with Gasteiger partial charge in [0.15, 0.2) is 5.82 Å². The molecule has 0 saturated carbocycles. The molecule has 0 spiro atoms. The number of hydrogen-bond donors (Lipinski definition) is 3. The van der Waals surface area contributed by atoms with Gasteiger partial charge in [-0.15, -0.1) is 0 Å². The zero-order valence-electron chi connectivity index (χ0n) is 22.6. The first-order chi connectivity index (χ1) is 19.5. The summed E-state index contributed by atoms with van der Waals surface area (Å²) >= 11 is 0. The lowest BCUT2D eigenvalue weighted by atomic mass is 10.0. The minimum absolute atomic E-state index is 0.260. The monoisotopic (exact) mass is 575 g/mol. The first kappa shape index (κ1) is 29.7. The summed E-state index contributed by atoms with van der Waals surface area (Å²) in [6.45, 7) is 2.01. The van der Waals surface area contributed by atoms with Crippen molar-refractivity contribution in [2.45, 2.75) is 19.3 Å². The molecule has 0 aliphatic carbocycles. The number of rotatable bonds is 10. The fraction of sp³-hybridized carbons (Fsp3) is 0.296. The molecule has 4 N–H and O–H groups in total. The third kappa shape index (κ3) is 6.73. The van der Waals surface area contributed by atoms with Crippen LogP contribution < -0.4 is 16.4 Å². The molecule has 4 rings (SSSR count). The van der Waals surface area contributed by atoms with Crippen molar-refractivity contribution < 1.29 is 31.8 Å². The number of urea groups is 1. The predicted molar refractivity (Wildman–Crippen MR) is 146 cm³/mol. The zero-order valence-corrected chi connectivity index (χ0v) is 22.6. The van der Waals surface area contributed by atoms with Gasteiger partial charge in [-0.2, -0.15) is 18.3 Å². The molecule has 2 aromatic heterocycles. The van der Waals surface area contributed by atoms with Crippen LogP contribution in [-0.2, 0) is 28.8 Å². The number of nitrogens with zero attached hydrogens (tertiary/aromatic N) is 4. The standard InChI is InChI=1S/C27H29F4N7O3/c1-37(10-11-40-2)13-22-19(14-41-3)23(24-25(32)33-15-34-38(22)24)16-4-7-18(8-5-16)35-26(39)36-21-12-17(27(29,30)31)6-9-20(21)28/h4-9,12,15H,10-11,13-14H2,1-3H3,(H2,32,33,34)(H2,35,36,39). The van der Waals surface area contributed by atoms with Crippen LogP contribution in [0.1, 0.15) is 16.8 Å². The quantitative estimate of drug-likeness (QED) is 0.228. The second-order valence-electron chi connectivity index (χ2n) is 9.22. The van der Waals surface area contributed by atoms with E-state index in [1.807, 2.05) is 7.05 Å². The number of amides is 2. The van der Waals surface area contributed by atoms with Gasteiger partial charge < -0.3 is 25.8 Å². The number of methoxy groups -OCH3 is 2. The van der Waals surface area contributed by atoms with Gasteiger partial charge in [-0.25, -0.2) is 18.7 Å². The number of likely N-dealkylation sites (N-methyl/N-ethyl adjacent to an activating group) is 1. The maximum atomic E-state index is 14.0. The molecule has 41 heavy (non-hydrogen) atoms. The highest BCUT2D eigenvalue weighted by Gasteiger charge is 2.31. The molecule has 2 aromatic carbocycles. The number of nitrogens with one attached hydrogen (secondary N) is 2. The minimum Gasteiger partial charge on any atom is -0.383 e. The molecule has 4 aromatic rings. The lowest BCUT2D eigenvalue weighted by molar-refractivity contribution is -0.137. The van der Waals surface area contributed by atoms with Crippen molar-refractivity contribution >= 4 is 28.7 Å². The van der Waals surface area contributed by atoms with Crippen molar-refractivity contribution in [2.24, 2.45) is 0 Å². The van der Waals surface area contributed by atoms with Crippen LogP contribution in [0.2, 0.25) is 0 Å². The Bertz CT molecular complexity index is 1520. The first-order valence-electron chi connectivity index (χ1n) is 12.4. The Labute approximate surface area is 233 Å². The maximum Gasteiger partial charge on any atom is 0.416 e. The summed E-state index contributed by atoms with van der Waals surface area (Å²) < 4.78 is 65.5. The number of fused-ring (bicyclic) bond motifs is 1. The second-order valence-corrected chi connectivity index (χ2v) is 9.22. The van der Waals surface area contributed by atoms with Crippen LogP contribution in [0.15, 0.2) is 48.8 Å². The van der Waals surface area contributed by atoms with Crippen molar-refractivity contribution in [3.8, 4) is 11.1 Å². The van der Waals surface area contributed by atoms with Crippen molar-refractivity contribution in [1.29, 1.82) is 0 Å². The highest BCUT2D eigenvalue weighted by Crippen LogP contribution is 2.37. The van der Waals surface area contributed by atoms with Crippen LogP contribution in [0.4, 0.5) is 39.5 Å². The van der Waals surface area contributed by atoms with Gasteiger partial charge in [0.2, 0.25) is 0 Å². The van der Waals surface area contributed by atoms with E-state index in [9.17, 15) is 22.4 Å². The third-order valence-electron chi connectivity index (χ3n) is 6.32. The predicted octanol–water partition coefficient (Wildman–Crippen LogP) is 5.01. The van der Waals surface area contributed by atoms with E-state index in [1.54, 1.807) is 43.0 Å². The van der Waals surface area contributed by atoms with Gasteiger partial charge >= 0.3 is 12.2 Å². The minimum atomic E-state index is -4.69. The van der Waals surface area contributed by atoms with Gasteiger partial charge in [0, 0.05) is 44.1 Å². The molecular weight excluding hydrogens is 546 g/mol. The third-order valence-corrected chi connectivity index (χ3v) is 6.32. The summed E-state index contributed by atoms with van der Waals surface area (Å²) in [5, 5.41) is 9.05. The molecule has 218 valence electrons. The average molecular weight is 576 g/mol. The highest BCUT2D eigenvalue weighted by molar-refractivity contribution is 6.00. The molecule has 0 unspecified atom stereocenters. The number of halogens is 4. The van der Waals surface area contributed by atoms with Gasteiger partial charge in [0.25, 0.3) is 0 Å². The smallest absolute Gasteiger partial charge is 0.383 e. The lowest BCUT2D eigenvalue weighted by Gasteiger charge is -2.17. The Morgan fingerprint density at radius 3 is 2.49 bits per heavy atom. The normalized spacial score (nSPS) is 11.8. The molecule has 0 aliphatic rings. The van der Waals surface area contributed by atoms with Gasteiger partial charge in [0.1, 0.15) is 17.7 Å². The summed E-state index contributed by atoms with van der Waals surface area (Å²) in [6.07, 6.45) is -3.31. The summed E-state index contributed by atoms with van der Waals surface area (Å²) in [5.41, 5.74) is 8.70. The Hall–Kier alpha value is -4.27. The number of benzene rings is 2. The van der Waals surface area contributed by atoms with E-state index in [2.05, 4.69) is 25.6 Å². The van der Waals surface area contributed by atoms with Crippen molar-refractivity contribution in [3.05, 3.63) is 71.4 Å². The molecule has 0 fully saturated rings. The van der Waals surface area contributed by atoms with Crippen LogP contribution in [0.3, 0.4) is 0 Å². The van der Waals surface area contributed by atoms with Crippen LogP contribution in [0.25, 0.3) is 16.6 Å². The van der Waals surface area contributed by atoms with E-state index in [0.29, 0.717) is 49.1 Å².